The lowest BCUT2D eigenvalue weighted by atomic mass is 9.79. The maximum atomic E-state index is 9.36. The van der Waals surface area contributed by atoms with Crippen molar-refractivity contribution in [3.8, 4) is 6.07 Å². The predicted octanol–water partition coefficient (Wildman–Crippen LogP) is 4.53. The molecule has 1 rings (SSSR count). The monoisotopic (exact) mass is 255 g/mol. The van der Waals surface area contributed by atoms with Gasteiger partial charge in [0.2, 0.25) is 0 Å². The van der Waals surface area contributed by atoms with Crippen molar-refractivity contribution in [2.45, 2.75) is 31.6 Å². The maximum Gasteiger partial charge on any atom is 0.0957 e. The van der Waals surface area contributed by atoms with Crippen LogP contribution in [0.15, 0.2) is 24.3 Å². The van der Waals surface area contributed by atoms with E-state index in [9.17, 15) is 5.26 Å². The highest BCUT2D eigenvalue weighted by Gasteiger charge is 2.30. The van der Waals surface area contributed by atoms with Gasteiger partial charge in [0.15, 0.2) is 0 Å². The van der Waals surface area contributed by atoms with E-state index in [1.807, 2.05) is 24.3 Å². The van der Waals surface area contributed by atoms with Gasteiger partial charge in [-0.1, -0.05) is 43.5 Å². The summed E-state index contributed by atoms with van der Waals surface area (Å²) in [5, 5.41) is 10.0. The highest BCUT2D eigenvalue weighted by Crippen LogP contribution is 2.31. The largest absolute Gasteiger partial charge is 0.197 e. The first-order valence-corrected chi connectivity index (χ1v) is 6.33. The van der Waals surface area contributed by atoms with Gasteiger partial charge in [0.1, 0.15) is 0 Å². The van der Waals surface area contributed by atoms with Crippen LogP contribution in [0.1, 0.15) is 31.7 Å². The van der Waals surface area contributed by atoms with E-state index in [2.05, 4.69) is 13.0 Å². The Hall–Kier alpha value is -0.710. The second kappa shape index (κ2) is 6.13. The van der Waals surface area contributed by atoms with Gasteiger partial charge in [-0.05, 0) is 24.1 Å². The summed E-state index contributed by atoms with van der Waals surface area (Å²) in [5.41, 5.74) is 0.394. The number of rotatable bonds is 5. The van der Waals surface area contributed by atoms with Crippen LogP contribution in [0.5, 0.6) is 0 Å². The summed E-state index contributed by atoms with van der Waals surface area (Å²) in [5.74, 6) is 0.325. The molecular weight excluding hydrogens is 241 g/mol. The van der Waals surface area contributed by atoms with Gasteiger partial charge in [-0.15, -0.1) is 11.6 Å². The molecule has 0 aromatic heterocycles. The Morgan fingerprint density at radius 3 is 2.38 bits per heavy atom. The summed E-state index contributed by atoms with van der Waals surface area (Å²) in [6, 6.07) is 9.76. The van der Waals surface area contributed by atoms with Gasteiger partial charge in [0.05, 0.1) is 11.5 Å². The van der Waals surface area contributed by atoms with Crippen LogP contribution in [-0.2, 0) is 5.41 Å². The number of unbranched alkanes of at least 4 members (excludes halogenated alkanes) is 1. The van der Waals surface area contributed by atoms with Gasteiger partial charge in [-0.3, -0.25) is 0 Å². The summed E-state index contributed by atoms with van der Waals surface area (Å²) >= 11 is 11.8. The second-order valence-corrected chi connectivity index (χ2v) is 4.64. The third-order valence-corrected chi connectivity index (χ3v) is 3.50. The van der Waals surface area contributed by atoms with Gasteiger partial charge in [-0.2, -0.15) is 5.26 Å². The van der Waals surface area contributed by atoms with Gasteiger partial charge >= 0.3 is 0 Å². The lowest BCUT2D eigenvalue weighted by Gasteiger charge is -2.24. The predicted molar refractivity (Wildman–Crippen MR) is 69.0 cm³/mol. The van der Waals surface area contributed by atoms with Crippen LogP contribution in [0.25, 0.3) is 0 Å². The van der Waals surface area contributed by atoms with Crippen LogP contribution >= 0.6 is 23.2 Å². The molecule has 0 heterocycles. The summed E-state index contributed by atoms with van der Waals surface area (Å²) in [6.07, 6.45) is 2.86. The minimum absolute atomic E-state index is 0.325. The van der Waals surface area contributed by atoms with E-state index in [-0.39, 0.29) is 0 Å². The Labute approximate surface area is 107 Å². The zero-order valence-electron chi connectivity index (χ0n) is 9.34. The van der Waals surface area contributed by atoms with Crippen LogP contribution in [0.3, 0.4) is 0 Å². The van der Waals surface area contributed by atoms with Crippen molar-refractivity contribution < 1.29 is 0 Å². The first kappa shape index (κ1) is 13.4. The SMILES string of the molecule is CCCC[C@](C#N)(CCl)c1ccc(Cl)cc1. The Bertz CT molecular complexity index is 367. The normalized spacial score (nSPS) is 14.1. The molecule has 0 aliphatic carbocycles. The van der Waals surface area contributed by atoms with Gasteiger partial charge in [-0.25, -0.2) is 0 Å². The number of nitrogens with zero attached hydrogens (tertiary/aromatic N) is 1. The third-order valence-electron chi connectivity index (χ3n) is 2.80. The van der Waals surface area contributed by atoms with Crippen LogP contribution in [0, 0.1) is 11.3 Å². The van der Waals surface area contributed by atoms with E-state index in [1.165, 1.54) is 0 Å². The smallest absolute Gasteiger partial charge is 0.0957 e. The van der Waals surface area contributed by atoms with Crippen molar-refractivity contribution in [2.75, 3.05) is 5.88 Å². The molecule has 0 N–H and O–H groups in total. The number of alkyl halides is 1. The Morgan fingerprint density at radius 1 is 1.31 bits per heavy atom. The molecule has 1 atom stereocenters. The van der Waals surface area contributed by atoms with Crippen molar-refractivity contribution in [3.05, 3.63) is 34.9 Å². The van der Waals surface area contributed by atoms with Crippen molar-refractivity contribution in [2.24, 2.45) is 0 Å². The number of hydrogen-bond donors (Lipinski definition) is 0. The van der Waals surface area contributed by atoms with Crippen LogP contribution < -0.4 is 0 Å². The average molecular weight is 256 g/mol. The standard InChI is InChI=1S/C13H15Cl2N/c1-2-3-8-13(9-14,10-16)11-4-6-12(15)7-5-11/h4-7H,2-3,8-9H2,1H3/t13-/m1/s1. The van der Waals surface area contributed by atoms with Gasteiger partial charge in [0, 0.05) is 10.9 Å². The summed E-state index contributed by atoms with van der Waals surface area (Å²) in [6.45, 7) is 2.11. The zero-order chi connectivity index (χ0) is 12.0. The molecular formula is C13H15Cl2N. The molecule has 1 nitrogen and oxygen atoms in total. The fourth-order valence-electron chi connectivity index (χ4n) is 1.69. The Morgan fingerprint density at radius 2 is 1.94 bits per heavy atom. The number of halogens is 2. The Balaban J connectivity index is 3.01. The fraction of sp³-hybridized carbons (Fsp3) is 0.462. The zero-order valence-corrected chi connectivity index (χ0v) is 10.9. The molecule has 0 aliphatic heterocycles. The third kappa shape index (κ3) is 2.90. The molecule has 0 saturated carbocycles. The molecule has 0 unspecified atom stereocenters. The maximum absolute atomic E-state index is 9.36. The average Bonchev–Trinajstić information content (AvgIpc) is 2.33. The first-order valence-electron chi connectivity index (χ1n) is 5.42. The van der Waals surface area contributed by atoms with E-state index >= 15 is 0 Å². The van der Waals surface area contributed by atoms with Gasteiger partial charge in [0.25, 0.3) is 0 Å². The molecule has 86 valence electrons. The molecule has 3 heteroatoms. The molecule has 0 radical (unpaired) electrons. The fourth-order valence-corrected chi connectivity index (χ4v) is 2.16. The summed E-state index contributed by atoms with van der Waals surface area (Å²) in [4.78, 5) is 0. The van der Waals surface area contributed by atoms with Crippen molar-refractivity contribution in [1.29, 1.82) is 5.26 Å². The quantitative estimate of drug-likeness (QED) is 0.710. The van der Waals surface area contributed by atoms with E-state index < -0.39 is 5.41 Å². The van der Waals surface area contributed by atoms with Gasteiger partial charge < -0.3 is 0 Å². The molecule has 1 aromatic carbocycles. The van der Waals surface area contributed by atoms with Crippen molar-refractivity contribution in [1.82, 2.24) is 0 Å². The second-order valence-electron chi connectivity index (χ2n) is 3.94. The first-order chi connectivity index (χ1) is 7.68. The van der Waals surface area contributed by atoms with Crippen molar-refractivity contribution in [3.63, 3.8) is 0 Å². The molecule has 0 aliphatic rings. The summed E-state index contributed by atoms with van der Waals surface area (Å²) in [7, 11) is 0. The van der Waals surface area contributed by atoms with Crippen LogP contribution in [0.2, 0.25) is 5.02 Å². The molecule has 0 spiro atoms. The highest BCUT2D eigenvalue weighted by molar-refractivity contribution is 6.30. The highest BCUT2D eigenvalue weighted by atomic mass is 35.5. The Kier molecular flexibility index (Phi) is 5.12. The molecule has 0 amide bonds. The van der Waals surface area contributed by atoms with Crippen LogP contribution in [0.4, 0.5) is 0 Å². The van der Waals surface area contributed by atoms with Crippen LogP contribution in [-0.4, -0.2) is 5.88 Å². The topological polar surface area (TPSA) is 23.8 Å². The minimum Gasteiger partial charge on any atom is -0.197 e. The lowest BCUT2D eigenvalue weighted by Crippen LogP contribution is -2.26. The van der Waals surface area contributed by atoms with E-state index in [1.54, 1.807) is 0 Å². The van der Waals surface area contributed by atoms with E-state index in [4.69, 9.17) is 23.2 Å². The molecule has 0 fully saturated rings. The number of hydrogen-bond acceptors (Lipinski definition) is 1. The minimum atomic E-state index is -0.567. The number of nitriles is 1. The number of benzene rings is 1. The molecule has 16 heavy (non-hydrogen) atoms. The summed E-state index contributed by atoms with van der Waals surface area (Å²) < 4.78 is 0. The molecule has 0 bridgehead atoms. The molecule has 0 saturated heterocycles. The van der Waals surface area contributed by atoms with E-state index in [0.717, 1.165) is 24.8 Å². The van der Waals surface area contributed by atoms with E-state index in [0.29, 0.717) is 10.9 Å². The molecule has 1 aromatic rings. The van der Waals surface area contributed by atoms with Crippen molar-refractivity contribution >= 4 is 23.2 Å². The lowest BCUT2D eigenvalue weighted by molar-refractivity contribution is 0.527.